The Morgan fingerprint density at radius 2 is 2.04 bits per heavy atom. The van der Waals surface area contributed by atoms with E-state index in [1.807, 2.05) is 26.2 Å². The van der Waals surface area contributed by atoms with Crippen molar-refractivity contribution >= 4 is 40.4 Å². The molecule has 1 heterocycles. The number of aliphatic hydroxyl groups excluding tert-OH is 1. The Kier molecular flexibility index (Phi) is 5.13. The van der Waals surface area contributed by atoms with E-state index in [9.17, 15) is 9.90 Å². The van der Waals surface area contributed by atoms with Crippen LogP contribution in [0.4, 0.5) is 5.69 Å². The number of carbonyl (C=O) groups is 1. The van der Waals surface area contributed by atoms with E-state index in [-0.39, 0.29) is 5.91 Å². The maximum atomic E-state index is 12.1. The third-order valence-corrected chi connectivity index (χ3v) is 6.46. The summed E-state index contributed by atoms with van der Waals surface area (Å²) in [7, 11) is 4.02. The lowest BCUT2D eigenvalue weighted by Crippen LogP contribution is -2.37. The zero-order valence-corrected chi connectivity index (χ0v) is 17.4. The number of anilines is 1. The molecule has 0 unspecified atom stereocenters. The predicted octanol–water partition coefficient (Wildman–Crippen LogP) is 4.26. The van der Waals surface area contributed by atoms with Crippen molar-refractivity contribution in [3.05, 3.63) is 57.1 Å². The highest BCUT2D eigenvalue weighted by atomic mass is 35.5. The minimum absolute atomic E-state index is 0.240. The maximum absolute atomic E-state index is 12.1. The summed E-state index contributed by atoms with van der Waals surface area (Å²) in [5.74, 6) is -0.240. The molecule has 1 amide bonds. The van der Waals surface area contributed by atoms with E-state index in [0.717, 1.165) is 46.4 Å². The minimum atomic E-state index is -0.464. The van der Waals surface area contributed by atoms with Crippen LogP contribution in [0.25, 0.3) is 16.7 Å². The summed E-state index contributed by atoms with van der Waals surface area (Å²) in [6.45, 7) is 0.664. The molecule has 0 atom stereocenters. The molecule has 0 saturated heterocycles. The minimum Gasteiger partial charge on any atom is -0.387 e. The molecule has 146 valence electrons. The summed E-state index contributed by atoms with van der Waals surface area (Å²) in [6, 6.07) is 10.2. The van der Waals surface area contributed by atoms with Crippen LogP contribution >= 0.6 is 23.2 Å². The van der Waals surface area contributed by atoms with Crippen molar-refractivity contribution in [3.8, 4) is 11.1 Å². The zero-order chi connectivity index (χ0) is 20.0. The van der Waals surface area contributed by atoms with E-state index in [2.05, 4.69) is 23.1 Å². The number of hydrogen-bond acceptors (Lipinski definition) is 3. The topological polar surface area (TPSA) is 43.8 Å². The highest BCUT2D eigenvalue weighted by Gasteiger charge is 2.33. The van der Waals surface area contributed by atoms with Gasteiger partial charge in [-0.1, -0.05) is 40.9 Å². The van der Waals surface area contributed by atoms with Crippen molar-refractivity contribution in [2.75, 3.05) is 38.7 Å². The average Bonchev–Trinajstić information content (AvgIpc) is 3.09. The average molecular weight is 417 g/mol. The predicted molar refractivity (Wildman–Crippen MR) is 115 cm³/mol. The van der Waals surface area contributed by atoms with Crippen molar-refractivity contribution in [2.45, 2.75) is 12.8 Å². The van der Waals surface area contributed by atoms with Gasteiger partial charge in [-0.15, -0.1) is 0 Å². The van der Waals surface area contributed by atoms with Gasteiger partial charge in [-0.3, -0.25) is 4.79 Å². The number of aliphatic hydroxyl groups is 1. The number of rotatable bonds is 3. The zero-order valence-electron chi connectivity index (χ0n) is 15.9. The fourth-order valence-corrected chi connectivity index (χ4v) is 4.59. The van der Waals surface area contributed by atoms with Gasteiger partial charge < -0.3 is 14.9 Å². The summed E-state index contributed by atoms with van der Waals surface area (Å²) in [5, 5.41) is 10.4. The van der Waals surface area contributed by atoms with Crippen LogP contribution in [0.5, 0.6) is 0 Å². The Labute approximate surface area is 175 Å². The van der Waals surface area contributed by atoms with Gasteiger partial charge >= 0.3 is 0 Å². The summed E-state index contributed by atoms with van der Waals surface area (Å²) in [6.07, 6.45) is 1.56. The first kappa shape index (κ1) is 19.3. The number of amides is 1. The molecular formula is C22H22Cl2N2O2. The fraction of sp³-hybridized carbons (Fsp3) is 0.318. The van der Waals surface area contributed by atoms with Crippen molar-refractivity contribution in [2.24, 2.45) is 0 Å². The Hall–Kier alpha value is -2.01. The molecule has 1 aliphatic heterocycles. The molecule has 0 fully saturated rings. The number of benzene rings is 2. The van der Waals surface area contributed by atoms with E-state index in [1.165, 1.54) is 5.57 Å². The second kappa shape index (κ2) is 7.43. The van der Waals surface area contributed by atoms with Crippen molar-refractivity contribution in [3.63, 3.8) is 0 Å². The van der Waals surface area contributed by atoms with E-state index in [1.54, 1.807) is 4.90 Å². The molecule has 2 aromatic rings. The smallest absolute Gasteiger partial charge is 0.248 e. The van der Waals surface area contributed by atoms with Gasteiger partial charge in [-0.05, 0) is 58.9 Å². The summed E-state index contributed by atoms with van der Waals surface area (Å²) < 4.78 is 0. The van der Waals surface area contributed by atoms with Crippen LogP contribution in [0.1, 0.15) is 17.5 Å². The summed E-state index contributed by atoms with van der Waals surface area (Å²) >= 11 is 13.1. The lowest BCUT2D eigenvalue weighted by molar-refractivity contribution is -0.133. The number of fused-ring (bicyclic) bond motifs is 2. The summed E-state index contributed by atoms with van der Waals surface area (Å²) in [5.41, 5.74) is 7.80. The molecule has 6 heteroatoms. The molecule has 1 N–H and O–H groups in total. The Bertz CT molecular complexity index is 998. The first-order chi connectivity index (χ1) is 13.4. The number of carbonyl (C=O) groups excluding carboxylic acids is 1. The second-order valence-corrected chi connectivity index (χ2v) is 8.29. The van der Waals surface area contributed by atoms with Crippen molar-refractivity contribution in [1.29, 1.82) is 0 Å². The fourth-order valence-electron chi connectivity index (χ4n) is 4.15. The molecule has 4 rings (SSSR count). The van der Waals surface area contributed by atoms with Crippen molar-refractivity contribution in [1.82, 2.24) is 4.90 Å². The molecule has 2 aliphatic rings. The monoisotopic (exact) mass is 416 g/mol. The second-order valence-electron chi connectivity index (χ2n) is 7.50. The summed E-state index contributed by atoms with van der Waals surface area (Å²) in [4.78, 5) is 15.8. The molecular weight excluding hydrogens is 395 g/mol. The van der Waals surface area contributed by atoms with E-state index < -0.39 is 6.61 Å². The van der Waals surface area contributed by atoms with Gasteiger partial charge in [-0.2, -0.15) is 0 Å². The number of halogens is 2. The van der Waals surface area contributed by atoms with E-state index in [4.69, 9.17) is 23.2 Å². The van der Waals surface area contributed by atoms with Gasteiger partial charge in [0.05, 0.1) is 10.0 Å². The van der Waals surface area contributed by atoms with Gasteiger partial charge in [-0.25, -0.2) is 0 Å². The van der Waals surface area contributed by atoms with Crippen LogP contribution in [-0.4, -0.2) is 49.7 Å². The Balaban J connectivity index is 1.87. The van der Waals surface area contributed by atoms with Crippen LogP contribution in [0.3, 0.4) is 0 Å². The Morgan fingerprint density at radius 1 is 1.25 bits per heavy atom. The number of nitrogens with zero attached hydrogens (tertiary/aromatic N) is 2. The lowest BCUT2D eigenvalue weighted by Gasteiger charge is -2.29. The third kappa shape index (κ3) is 3.20. The Morgan fingerprint density at radius 3 is 2.75 bits per heavy atom. The quantitative estimate of drug-likeness (QED) is 0.812. The van der Waals surface area contributed by atoms with Crippen LogP contribution < -0.4 is 4.90 Å². The van der Waals surface area contributed by atoms with Gasteiger partial charge in [0.2, 0.25) is 5.91 Å². The van der Waals surface area contributed by atoms with Gasteiger partial charge in [0.25, 0.3) is 0 Å². The number of hydrogen-bond donors (Lipinski definition) is 1. The normalized spacial score (nSPS) is 15.5. The standard InChI is InChI=1S/C22H22Cl2N2O2/c1-25(2)15-5-3-4-13(8-15)16-10-19(23)22(24)17-9-14-6-7-26(20(28)12-27)11-18(14)21(16)17/h3-5,8,10,27H,6-7,9,11-12H2,1-2H3. The SMILES string of the molecule is CN(C)c1cccc(-c2cc(Cl)c(Cl)c3c2C2=C(CCN(C(=O)CO)C2)C3)c1. The van der Waals surface area contributed by atoms with Crippen molar-refractivity contribution < 1.29 is 9.90 Å². The molecule has 0 bridgehead atoms. The molecule has 0 radical (unpaired) electrons. The molecule has 4 nitrogen and oxygen atoms in total. The largest absolute Gasteiger partial charge is 0.387 e. The third-order valence-electron chi connectivity index (χ3n) is 5.63. The highest BCUT2D eigenvalue weighted by molar-refractivity contribution is 6.43. The maximum Gasteiger partial charge on any atom is 0.248 e. The molecule has 0 saturated carbocycles. The van der Waals surface area contributed by atoms with Gasteiger partial charge in [0.15, 0.2) is 0 Å². The van der Waals surface area contributed by atoms with Crippen LogP contribution in [0, 0.1) is 0 Å². The molecule has 1 aliphatic carbocycles. The van der Waals surface area contributed by atoms with Crippen LogP contribution in [-0.2, 0) is 11.2 Å². The van der Waals surface area contributed by atoms with E-state index >= 15 is 0 Å². The first-order valence-corrected chi connectivity index (χ1v) is 10.0. The van der Waals surface area contributed by atoms with Gasteiger partial charge in [0, 0.05) is 32.9 Å². The molecule has 28 heavy (non-hydrogen) atoms. The highest BCUT2D eigenvalue weighted by Crippen LogP contribution is 2.48. The van der Waals surface area contributed by atoms with Crippen LogP contribution in [0.15, 0.2) is 35.9 Å². The lowest BCUT2D eigenvalue weighted by atomic mass is 9.92. The molecule has 0 aromatic heterocycles. The first-order valence-electron chi connectivity index (χ1n) is 9.29. The van der Waals surface area contributed by atoms with Gasteiger partial charge in [0.1, 0.15) is 6.61 Å². The van der Waals surface area contributed by atoms with E-state index in [0.29, 0.717) is 23.1 Å². The van der Waals surface area contributed by atoms with Crippen LogP contribution in [0.2, 0.25) is 10.0 Å². The molecule has 2 aromatic carbocycles. The molecule has 0 spiro atoms.